The molecule has 17 heavy (non-hydrogen) atoms. The number of ether oxygens (including phenoxy) is 1. The average Bonchev–Trinajstić information content (AvgIpc) is 2.89. The van der Waals surface area contributed by atoms with E-state index in [1.54, 1.807) is 4.90 Å². The van der Waals surface area contributed by atoms with Gasteiger partial charge in [0.05, 0.1) is 6.61 Å². The Balaban J connectivity index is 1.78. The Morgan fingerprint density at radius 3 is 3.18 bits per heavy atom. The molecule has 1 aromatic heterocycles. The van der Waals surface area contributed by atoms with Crippen molar-refractivity contribution in [1.82, 2.24) is 15.2 Å². The molecule has 1 aromatic rings. The Bertz CT molecular complexity index is 345. The van der Waals surface area contributed by atoms with Crippen LogP contribution in [0, 0.1) is 0 Å². The van der Waals surface area contributed by atoms with Gasteiger partial charge < -0.3 is 19.9 Å². The first kappa shape index (κ1) is 12.1. The Labute approximate surface area is 101 Å². The molecule has 0 aliphatic carbocycles. The molecule has 1 aliphatic heterocycles. The van der Waals surface area contributed by atoms with Crippen molar-refractivity contribution in [2.45, 2.75) is 12.5 Å². The van der Waals surface area contributed by atoms with Crippen LogP contribution >= 0.6 is 0 Å². The van der Waals surface area contributed by atoms with Crippen molar-refractivity contribution in [3.63, 3.8) is 0 Å². The van der Waals surface area contributed by atoms with Crippen LogP contribution in [0.25, 0.3) is 0 Å². The lowest BCUT2D eigenvalue weighted by Crippen LogP contribution is -2.48. The molecule has 2 N–H and O–H groups in total. The number of carbonyl (C=O) groups is 1. The Morgan fingerprint density at radius 1 is 1.65 bits per heavy atom. The summed E-state index contributed by atoms with van der Waals surface area (Å²) in [6, 6.07) is 2.02. The first-order valence-corrected chi connectivity index (χ1v) is 5.96. The SMILES string of the molecule is CN(CCc1cc[nH]c1)C(=O)C1CNCCO1. The number of hydrogen-bond donors (Lipinski definition) is 2. The van der Waals surface area contributed by atoms with E-state index in [2.05, 4.69) is 10.3 Å². The van der Waals surface area contributed by atoms with E-state index in [-0.39, 0.29) is 12.0 Å². The summed E-state index contributed by atoms with van der Waals surface area (Å²) in [6.45, 7) is 2.78. The minimum atomic E-state index is -0.319. The van der Waals surface area contributed by atoms with Crippen LogP contribution in [0.5, 0.6) is 0 Å². The van der Waals surface area contributed by atoms with Crippen molar-refractivity contribution in [3.8, 4) is 0 Å². The van der Waals surface area contributed by atoms with E-state index >= 15 is 0 Å². The molecule has 1 aliphatic rings. The molecule has 2 rings (SSSR count). The molecule has 5 nitrogen and oxygen atoms in total. The van der Waals surface area contributed by atoms with Gasteiger partial charge in [0.1, 0.15) is 6.10 Å². The minimum absolute atomic E-state index is 0.0627. The number of H-pyrrole nitrogens is 1. The second-order valence-electron chi connectivity index (χ2n) is 4.29. The molecule has 0 bridgehead atoms. The molecular formula is C12H19N3O2. The number of hydrogen-bond acceptors (Lipinski definition) is 3. The van der Waals surface area contributed by atoms with E-state index in [0.717, 1.165) is 19.5 Å². The summed E-state index contributed by atoms with van der Waals surface area (Å²) in [4.78, 5) is 16.8. The van der Waals surface area contributed by atoms with Gasteiger partial charge in [0.2, 0.25) is 0 Å². The van der Waals surface area contributed by atoms with Crippen molar-refractivity contribution in [3.05, 3.63) is 24.0 Å². The number of likely N-dealkylation sites (N-methyl/N-ethyl adjacent to an activating group) is 1. The highest BCUT2D eigenvalue weighted by Gasteiger charge is 2.24. The van der Waals surface area contributed by atoms with E-state index in [0.29, 0.717) is 13.2 Å². The van der Waals surface area contributed by atoms with Crippen LogP contribution in [-0.2, 0) is 16.0 Å². The predicted octanol–water partition coefficient (Wildman–Crippen LogP) is 0.00400. The first-order chi connectivity index (χ1) is 8.27. The van der Waals surface area contributed by atoms with Gasteiger partial charge in [-0.25, -0.2) is 0 Å². The van der Waals surface area contributed by atoms with Crippen LogP contribution in [-0.4, -0.2) is 55.2 Å². The van der Waals surface area contributed by atoms with Gasteiger partial charge in [0, 0.05) is 39.1 Å². The second kappa shape index (κ2) is 5.84. The van der Waals surface area contributed by atoms with E-state index in [9.17, 15) is 4.79 Å². The maximum absolute atomic E-state index is 12.0. The normalized spacial score (nSPS) is 20.2. The molecule has 5 heteroatoms. The number of carbonyl (C=O) groups excluding carboxylic acids is 1. The quantitative estimate of drug-likeness (QED) is 0.775. The summed E-state index contributed by atoms with van der Waals surface area (Å²) in [6.07, 6.45) is 4.40. The summed E-state index contributed by atoms with van der Waals surface area (Å²) >= 11 is 0. The fourth-order valence-electron chi connectivity index (χ4n) is 1.89. The van der Waals surface area contributed by atoms with Crippen molar-refractivity contribution >= 4 is 5.91 Å². The van der Waals surface area contributed by atoms with E-state index in [1.807, 2.05) is 25.5 Å². The van der Waals surface area contributed by atoms with Gasteiger partial charge in [-0.05, 0) is 18.1 Å². The maximum Gasteiger partial charge on any atom is 0.252 e. The average molecular weight is 237 g/mol. The highest BCUT2D eigenvalue weighted by atomic mass is 16.5. The number of aromatic nitrogens is 1. The summed E-state index contributed by atoms with van der Waals surface area (Å²) in [7, 11) is 1.83. The lowest BCUT2D eigenvalue weighted by molar-refractivity contribution is -0.143. The van der Waals surface area contributed by atoms with Gasteiger partial charge in [-0.2, -0.15) is 0 Å². The van der Waals surface area contributed by atoms with Gasteiger partial charge in [0.15, 0.2) is 0 Å². The largest absolute Gasteiger partial charge is 0.367 e. The van der Waals surface area contributed by atoms with Gasteiger partial charge in [-0.1, -0.05) is 0 Å². The van der Waals surface area contributed by atoms with Crippen LogP contribution in [0.15, 0.2) is 18.5 Å². The third kappa shape index (κ3) is 3.31. The number of rotatable bonds is 4. The molecule has 0 radical (unpaired) electrons. The Morgan fingerprint density at radius 2 is 2.53 bits per heavy atom. The molecule has 0 saturated carbocycles. The predicted molar refractivity (Wildman–Crippen MR) is 64.7 cm³/mol. The molecule has 1 amide bonds. The fraction of sp³-hybridized carbons (Fsp3) is 0.583. The molecule has 1 fully saturated rings. The van der Waals surface area contributed by atoms with E-state index < -0.39 is 0 Å². The van der Waals surface area contributed by atoms with Gasteiger partial charge >= 0.3 is 0 Å². The zero-order chi connectivity index (χ0) is 12.1. The van der Waals surface area contributed by atoms with E-state index in [1.165, 1.54) is 5.56 Å². The third-order valence-electron chi connectivity index (χ3n) is 2.98. The molecule has 0 spiro atoms. The molecule has 0 aromatic carbocycles. The van der Waals surface area contributed by atoms with Gasteiger partial charge in [0.25, 0.3) is 5.91 Å². The van der Waals surface area contributed by atoms with Crippen LogP contribution in [0.2, 0.25) is 0 Å². The standard InChI is InChI=1S/C12H19N3O2/c1-15(6-3-10-2-4-13-8-10)12(16)11-9-14-5-7-17-11/h2,4,8,11,13-14H,3,5-7,9H2,1H3. The zero-order valence-corrected chi connectivity index (χ0v) is 10.1. The molecular weight excluding hydrogens is 218 g/mol. The van der Waals surface area contributed by atoms with E-state index in [4.69, 9.17) is 4.74 Å². The molecule has 2 heterocycles. The van der Waals surface area contributed by atoms with Crippen molar-refractivity contribution < 1.29 is 9.53 Å². The zero-order valence-electron chi connectivity index (χ0n) is 10.1. The topological polar surface area (TPSA) is 57.4 Å². The lowest BCUT2D eigenvalue weighted by Gasteiger charge is -2.27. The highest BCUT2D eigenvalue weighted by molar-refractivity contribution is 5.81. The Hall–Kier alpha value is -1.33. The number of nitrogens with one attached hydrogen (secondary N) is 2. The van der Waals surface area contributed by atoms with Crippen molar-refractivity contribution in [2.24, 2.45) is 0 Å². The summed E-state index contributed by atoms with van der Waals surface area (Å²) in [5.74, 6) is 0.0627. The third-order valence-corrected chi connectivity index (χ3v) is 2.98. The number of morpholine rings is 1. The van der Waals surface area contributed by atoms with Crippen LogP contribution in [0.3, 0.4) is 0 Å². The van der Waals surface area contributed by atoms with Crippen molar-refractivity contribution in [2.75, 3.05) is 33.3 Å². The number of nitrogens with zero attached hydrogens (tertiary/aromatic N) is 1. The monoisotopic (exact) mass is 237 g/mol. The molecule has 1 unspecified atom stereocenters. The van der Waals surface area contributed by atoms with Crippen LogP contribution < -0.4 is 5.32 Å². The summed E-state index contributed by atoms with van der Waals surface area (Å²) in [5, 5.41) is 3.16. The highest BCUT2D eigenvalue weighted by Crippen LogP contribution is 2.03. The number of aromatic amines is 1. The van der Waals surface area contributed by atoms with Crippen molar-refractivity contribution in [1.29, 1.82) is 0 Å². The van der Waals surface area contributed by atoms with Crippen LogP contribution in [0.4, 0.5) is 0 Å². The fourth-order valence-corrected chi connectivity index (χ4v) is 1.89. The van der Waals surface area contributed by atoms with Gasteiger partial charge in [-0.15, -0.1) is 0 Å². The minimum Gasteiger partial charge on any atom is -0.367 e. The Kier molecular flexibility index (Phi) is 4.17. The summed E-state index contributed by atoms with van der Waals surface area (Å²) in [5.41, 5.74) is 1.22. The first-order valence-electron chi connectivity index (χ1n) is 5.96. The smallest absolute Gasteiger partial charge is 0.252 e. The van der Waals surface area contributed by atoms with Crippen LogP contribution in [0.1, 0.15) is 5.56 Å². The summed E-state index contributed by atoms with van der Waals surface area (Å²) < 4.78 is 5.44. The lowest BCUT2D eigenvalue weighted by atomic mass is 10.2. The van der Waals surface area contributed by atoms with Gasteiger partial charge in [-0.3, -0.25) is 4.79 Å². The second-order valence-corrected chi connectivity index (χ2v) is 4.29. The molecule has 1 atom stereocenters. The maximum atomic E-state index is 12.0. The number of amides is 1. The molecule has 1 saturated heterocycles. The molecule has 94 valence electrons.